The van der Waals surface area contributed by atoms with Crippen LogP contribution in [0.5, 0.6) is 0 Å². The largest absolute Gasteiger partial charge is 0.373 e. The topological polar surface area (TPSA) is 35.2 Å². The van der Waals surface area contributed by atoms with E-state index in [9.17, 15) is 4.39 Å². The van der Waals surface area contributed by atoms with Crippen molar-refractivity contribution in [3.05, 3.63) is 35.1 Å². The minimum atomic E-state index is -0.235. The number of benzene rings is 1. The van der Waals surface area contributed by atoms with Gasteiger partial charge >= 0.3 is 0 Å². The fraction of sp³-hybridized carbons (Fsp3) is 0.538. The van der Waals surface area contributed by atoms with E-state index < -0.39 is 0 Å². The molecule has 16 heavy (non-hydrogen) atoms. The minimum absolute atomic E-state index is 0.126. The van der Waals surface area contributed by atoms with E-state index in [1.165, 1.54) is 0 Å². The van der Waals surface area contributed by atoms with Gasteiger partial charge in [-0.2, -0.15) is 0 Å². The zero-order valence-corrected chi connectivity index (χ0v) is 10.2. The van der Waals surface area contributed by atoms with E-state index in [0.717, 1.165) is 0 Å². The summed E-state index contributed by atoms with van der Waals surface area (Å²) in [4.78, 5) is 0. The summed E-state index contributed by atoms with van der Waals surface area (Å²) in [5, 5.41) is 0. The van der Waals surface area contributed by atoms with E-state index in [-0.39, 0.29) is 18.5 Å². The van der Waals surface area contributed by atoms with Crippen LogP contribution in [0.2, 0.25) is 0 Å². The maximum atomic E-state index is 13.8. The Bertz CT molecular complexity index is 339. The predicted molar refractivity (Wildman–Crippen MR) is 63.4 cm³/mol. The van der Waals surface area contributed by atoms with Crippen molar-refractivity contribution in [1.29, 1.82) is 0 Å². The Morgan fingerprint density at radius 2 is 1.88 bits per heavy atom. The lowest BCUT2D eigenvalue weighted by atomic mass is 10.1. The molecule has 0 heterocycles. The maximum absolute atomic E-state index is 13.8. The van der Waals surface area contributed by atoms with Crippen molar-refractivity contribution in [2.45, 2.75) is 40.0 Å². The first-order chi connectivity index (χ1) is 7.56. The molecule has 0 spiro atoms. The molecule has 1 aromatic rings. The summed E-state index contributed by atoms with van der Waals surface area (Å²) >= 11 is 0. The summed E-state index contributed by atoms with van der Waals surface area (Å²) in [7, 11) is 0. The molecule has 0 bridgehead atoms. The first kappa shape index (κ1) is 13.1. The molecule has 90 valence electrons. The van der Waals surface area contributed by atoms with Crippen molar-refractivity contribution in [2.24, 2.45) is 11.7 Å². The second-order valence-corrected chi connectivity index (χ2v) is 4.35. The fourth-order valence-corrected chi connectivity index (χ4v) is 1.32. The van der Waals surface area contributed by atoms with Gasteiger partial charge in [-0.25, -0.2) is 4.39 Å². The van der Waals surface area contributed by atoms with Crippen molar-refractivity contribution >= 4 is 0 Å². The number of hydrogen-bond acceptors (Lipinski definition) is 2. The average Bonchev–Trinajstić information content (AvgIpc) is 2.27. The molecule has 0 aliphatic heterocycles. The zero-order chi connectivity index (χ0) is 12.1. The quantitative estimate of drug-likeness (QED) is 0.836. The third kappa shape index (κ3) is 3.29. The molecule has 1 unspecified atom stereocenters. The molecule has 0 aromatic heterocycles. The van der Waals surface area contributed by atoms with Gasteiger partial charge in [0.25, 0.3) is 0 Å². The van der Waals surface area contributed by atoms with E-state index >= 15 is 0 Å². The lowest BCUT2D eigenvalue weighted by Gasteiger charge is -2.17. The van der Waals surface area contributed by atoms with Crippen LogP contribution in [0.1, 0.15) is 31.9 Å². The second-order valence-electron chi connectivity index (χ2n) is 4.35. The van der Waals surface area contributed by atoms with Crippen LogP contribution in [-0.4, -0.2) is 6.10 Å². The van der Waals surface area contributed by atoms with Gasteiger partial charge in [-0.15, -0.1) is 0 Å². The maximum Gasteiger partial charge on any atom is 0.133 e. The lowest BCUT2D eigenvalue weighted by molar-refractivity contribution is 0.0221. The van der Waals surface area contributed by atoms with Crippen molar-refractivity contribution in [3.63, 3.8) is 0 Å². The van der Waals surface area contributed by atoms with Gasteiger partial charge in [-0.3, -0.25) is 0 Å². The van der Waals surface area contributed by atoms with Gasteiger partial charge in [0, 0.05) is 17.7 Å². The first-order valence-corrected chi connectivity index (χ1v) is 5.64. The van der Waals surface area contributed by atoms with Gasteiger partial charge in [0.05, 0.1) is 12.7 Å². The summed E-state index contributed by atoms with van der Waals surface area (Å²) in [6, 6.07) is 5.25. The molecule has 0 aliphatic rings. The second kappa shape index (κ2) is 5.97. The van der Waals surface area contributed by atoms with Crippen LogP contribution >= 0.6 is 0 Å². The smallest absolute Gasteiger partial charge is 0.133 e. The van der Waals surface area contributed by atoms with E-state index in [1.54, 1.807) is 12.1 Å². The Hall–Kier alpha value is -0.930. The van der Waals surface area contributed by atoms with Crippen LogP contribution in [-0.2, 0) is 17.9 Å². The molecule has 1 rings (SSSR count). The molecule has 0 aliphatic carbocycles. The van der Waals surface area contributed by atoms with Crippen LogP contribution in [0.3, 0.4) is 0 Å². The summed E-state index contributed by atoms with van der Waals surface area (Å²) in [6.45, 7) is 6.68. The molecule has 2 nitrogen and oxygen atoms in total. The van der Waals surface area contributed by atoms with Gasteiger partial charge in [-0.1, -0.05) is 32.0 Å². The molecular formula is C13H20FNO. The van der Waals surface area contributed by atoms with Crippen molar-refractivity contribution < 1.29 is 9.13 Å². The highest BCUT2D eigenvalue weighted by atomic mass is 19.1. The van der Waals surface area contributed by atoms with Crippen LogP contribution < -0.4 is 5.73 Å². The Labute approximate surface area is 96.6 Å². The monoisotopic (exact) mass is 225 g/mol. The van der Waals surface area contributed by atoms with Gasteiger partial charge in [0.1, 0.15) is 5.82 Å². The summed E-state index contributed by atoms with van der Waals surface area (Å²) in [6.07, 6.45) is 0.126. The SMILES string of the molecule is CC(C)C(C)OCc1cccc(CN)c1F. The predicted octanol–water partition coefficient (Wildman–Crippen LogP) is 2.85. The van der Waals surface area contributed by atoms with Crippen LogP contribution in [0.25, 0.3) is 0 Å². The molecule has 0 saturated carbocycles. The Morgan fingerprint density at radius 3 is 2.44 bits per heavy atom. The molecule has 0 fully saturated rings. The van der Waals surface area contributed by atoms with Crippen LogP contribution in [0.15, 0.2) is 18.2 Å². The molecule has 2 N–H and O–H groups in total. The number of ether oxygens (including phenoxy) is 1. The van der Waals surface area contributed by atoms with E-state index in [1.807, 2.05) is 13.0 Å². The standard InChI is InChI=1S/C13H20FNO/c1-9(2)10(3)16-8-12-6-4-5-11(7-15)13(12)14/h4-6,9-10H,7-8,15H2,1-3H3. The van der Waals surface area contributed by atoms with Crippen molar-refractivity contribution in [3.8, 4) is 0 Å². The fourth-order valence-electron chi connectivity index (χ4n) is 1.32. The highest BCUT2D eigenvalue weighted by Crippen LogP contribution is 2.15. The zero-order valence-electron chi connectivity index (χ0n) is 10.2. The summed E-state index contributed by atoms with van der Waals surface area (Å²) in [5.41, 5.74) is 6.56. The average molecular weight is 225 g/mol. The Kier molecular flexibility index (Phi) is 4.90. The number of nitrogens with two attached hydrogens (primary N) is 1. The Morgan fingerprint density at radius 1 is 1.25 bits per heavy atom. The first-order valence-electron chi connectivity index (χ1n) is 5.64. The van der Waals surface area contributed by atoms with Gasteiger partial charge in [0.2, 0.25) is 0 Å². The third-order valence-electron chi connectivity index (χ3n) is 2.82. The van der Waals surface area contributed by atoms with Gasteiger partial charge < -0.3 is 10.5 Å². The van der Waals surface area contributed by atoms with Crippen LogP contribution in [0, 0.1) is 11.7 Å². The summed E-state index contributed by atoms with van der Waals surface area (Å²) < 4.78 is 19.4. The highest BCUT2D eigenvalue weighted by molar-refractivity contribution is 5.25. The van der Waals surface area contributed by atoms with Gasteiger partial charge in [-0.05, 0) is 12.8 Å². The van der Waals surface area contributed by atoms with E-state index in [2.05, 4.69) is 13.8 Å². The molecule has 1 aromatic carbocycles. The Balaban J connectivity index is 2.67. The van der Waals surface area contributed by atoms with E-state index in [0.29, 0.717) is 23.7 Å². The molecule has 0 radical (unpaired) electrons. The number of hydrogen-bond donors (Lipinski definition) is 1. The minimum Gasteiger partial charge on any atom is -0.373 e. The van der Waals surface area contributed by atoms with E-state index in [4.69, 9.17) is 10.5 Å². The molecule has 1 atom stereocenters. The molecule has 3 heteroatoms. The third-order valence-corrected chi connectivity index (χ3v) is 2.82. The molecule has 0 amide bonds. The number of rotatable bonds is 5. The highest BCUT2D eigenvalue weighted by Gasteiger charge is 2.10. The van der Waals surface area contributed by atoms with Crippen molar-refractivity contribution in [2.75, 3.05) is 0 Å². The summed E-state index contributed by atoms with van der Waals surface area (Å²) in [5.74, 6) is 0.196. The molecular weight excluding hydrogens is 205 g/mol. The normalized spacial score (nSPS) is 13.1. The number of halogens is 1. The lowest BCUT2D eigenvalue weighted by Crippen LogP contribution is -2.16. The molecule has 0 saturated heterocycles. The van der Waals surface area contributed by atoms with Crippen LogP contribution in [0.4, 0.5) is 4.39 Å². The van der Waals surface area contributed by atoms with Gasteiger partial charge in [0.15, 0.2) is 0 Å². The van der Waals surface area contributed by atoms with Crippen molar-refractivity contribution in [1.82, 2.24) is 0 Å².